The van der Waals surface area contributed by atoms with Crippen LogP contribution < -0.4 is 10.6 Å². The fourth-order valence-electron chi connectivity index (χ4n) is 5.75. The molecule has 4 heterocycles. The molecule has 0 saturated carbocycles. The van der Waals surface area contributed by atoms with Crippen molar-refractivity contribution in [3.63, 3.8) is 0 Å². The Morgan fingerprint density at radius 1 is 1.12 bits per heavy atom. The van der Waals surface area contributed by atoms with Gasteiger partial charge in [-0.1, -0.05) is 56.3 Å². The second-order valence-corrected chi connectivity index (χ2v) is 11.6. The highest BCUT2D eigenvalue weighted by atomic mass is 35.5. The molecule has 2 atom stereocenters. The number of halogens is 3. The van der Waals surface area contributed by atoms with Crippen LogP contribution in [0.5, 0.6) is 0 Å². The number of carbonyl (C=O) groups is 1. The summed E-state index contributed by atoms with van der Waals surface area (Å²) in [5.41, 5.74) is 1.71. The Morgan fingerprint density at radius 3 is 2.51 bits per heavy atom. The number of fused-ring (bicyclic) bond motifs is 1. The van der Waals surface area contributed by atoms with E-state index in [4.69, 9.17) is 16.6 Å². The lowest BCUT2D eigenvalue weighted by atomic mass is 10.0. The molecule has 3 aromatic heterocycles. The third-order valence-electron chi connectivity index (χ3n) is 7.89. The SMILES string of the molecule is C=CC(=O)N1CC(C)N(c2nc(=O)n(-c3c(C)ccnc3C(C)C)c3nc(-c4ccccc4C(F)F)c(Cl)cc23)CC1C. The number of nitrogens with zero attached hydrogens (tertiary/aromatic N) is 6. The van der Waals surface area contributed by atoms with E-state index >= 15 is 0 Å². The van der Waals surface area contributed by atoms with E-state index in [-0.39, 0.29) is 51.4 Å². The predicted molar refractivity (Wildman–Crippen MR) is 165 cm³/mol. The normalized spacial score (nSPS) is 17.3. The first-order valence-corrected chi connectivity index (χ1v) is 14.5. The number of hydrogen-bond acceptors (Lipinski definition) is 6. The summed E-state index contributed by atoms with van der Waals surface area (Å²) in [6.07, 6.45) is 0.217. The molecule has 1 aliphatic rings. The van der Waals surface area contributed by atoms with Crippen molar-refractivity contribution >= 4 is 34.4 Å². The van der Waals surface area contributed by atoms with Crippen LogP contribution in [0.3, 0.4) is 0 Å². The average molecular weight is 607 g/mol. The van der Waals surface area contributed by atoms with Crippen LogP contribution in [0, 0.1) is 6.92 Å². The summed E-state index contributed by atoms with van der Waals surface area (Å²) in [4.78, 5) is 44.2. The molecule has 43 heavy (non-hydrogen) atoms. The van der Waals surface area contributed by atoms with Crippen molar-refractivity contribution in [2.75, 3.05) is 18.0 Å². The third-order valence-corrected chi connectivity index (χ3v) is 8.18. The quantitative estimate of drug-likeness (QED) is 0.234. The number of amides is 1. The molecule has 1 aliphatic heterocycles. The van der Waals surface area contributed by atoms with E-state index in [9.17, 15) is 18.4 Å². The molecule has 0 radical (unpaired) electrons. The summed E-state index contributed by atoms with van der Waals surface area (Å²) < 4.78 is 29.6. The van der Waals surface area contributed by atoms with Crippen LogP contribution in [0.2, 0.25) is 5.02 Å². The highest BCUT2D eigenvalue weighted by molar-refractivity contribution is 6.34. The average Bonchev–Trinajstić information content (AvgIpc) is 2.97. The smallest absolute Gasteiger partial charge is 0.349 e. The van der Waals surface area contributed by atoms with Gasteiger partial charge in [0.05, 0.1) is 27.5 Å². The fraction of sp³-hybridized carbons (Fsp3) is 0.344. The lowest BCUT2D eigenvalue weighted by molar-refractivity contribution is -0.128. The van der Waals surface area contributed by atoms with Crippen LogP contribution in [-0.4, -0.2) is 55.5 Å². The van der Waals surface area contributed by atoms with E-state index in [2.05, 4.69) is 16.5 Å². The molecule has 224 valence electrons. The van der Waals surface area contributed by atoms with Gasteiger partial charge in [0, 0.05) is 42.5 Å². The third kappa shape index (κ3) is 5.40. The van der Waals surface area contributed by atoms with Crippen LogP contribution in [0.25, 0.3) is 28.0 Å². The van der Waals surface area contributed by atoms with Gasteiger partial charge in [-0.05, 0) is 50.5 Å². The monoisotopic (exact) mass is 606 g/mol. The van der Waals surface area contributed by atoms with E-state index < -0.39 is 12.1 Å². The van der Waals surface area contributed by atoms with Gasteiger partial charge in [0.15, 0.2) is 5.65 Å². The lowest BCUT2D eigenvalue weighted by Crippen LogP contribution is -2.58. The lowest BCUT2D eigenvalue weighted by Gasteiger charge is -2.44. The molecule has 4 aromatic rings. The highest BCUT2D eigenvalue weighted by Crippen LogP contribution is 2.38. The number of aromatic nitrogens is 4. The van der Waals surface area contributed by atoms with E-state index in [1.807, 2.05) is 39.5 Å². The molecule has 0 spiro atoms. The molecular weight excluding hydrogens is 574 g/mol. The van der Waals surface area contributed by atoms with Gasteiger partial charge in [-0.2, -0.15) is 4.98 Å². The van der Waals surface area contributed by atoms with Crippen molar-refractivity contribution in [3.8, 4) is 16.9 Å². The minimum absolute atomic E-state index is 0.0424. The van der Waals surface area contributed by atoms with Crippen molar-refractivity contribution in [1.29, 1.82) is 0 Å². The Hall–Kier alpha value is -4.18. The maximum Gasteiger partial charge on any atom is 0.355 e. The van der Waals surface area contributed by atoms with E-state index in [0.29, 0.717) is 35.7 Å². The predicted octanol–water partition coefficient (Wildman–Crippen LogP) is 6.48. The van der Waals surface area contributed by atoms with Crippen LogP contribution in [-0.2, 0) is 4.79 Å². The number of piperazine rings is 1. The first-order chi connectivity index (χ1) is 20.4. The Balaban J connectivity index is 1.84. The zero-order chi connectivity index (χ0) is 31.2. The molecule has 1 aromatic carbocycles. The van der Waals surface area contributed by atoms with Gasteiger partial charge in [-0.25, -0.2) is 23.1 Å². The van der Waals surface area contributed by atoms with Crippen molar-refractivity contribution in [3.05, 3.63) is 87.6 Å². The van der Waals surface area contributed by atoms with Gasteiger partial charge >= 0.3 is 5.69 Å². The number of carbonyl (C=O) groups excluding carboxylic acids is 1. The van der Waals surface area contributed by atoms with E-state index in [1.165, 1.54) is 22.8 Å². The summed E-state index contributed by atoms with van der Waals surface area (Å²) in [5.74, 6) is 0.142. The van der Waals surface area contributed by atoms with Crippen LogP contribution in [0.15, 0.2) is 60.0 Å². The molecule has 11 heteroatoms. The number of hydrogen-bond donors (Lipinski definition) is 0. The summed E-state index contributed by atoms with van der Waals surface area (Å²) in [6.45, 7) is 14.1. The maximum atomic E-state index is 14.1. The zero-order valence-electron chi connectivity index (χ0n) is 24.7. The first-order valence-electron chi connectivity index (χ1n) is 14.1. The largest absolute Gasteiger partial charge is 0.355 e. The van der Waals surface area contributed by atoms with Gasteiger partial charge in [-0.15, -0.1) is 0 Å². The van der Waals surface area contributed by atoms with E-state index in [0.717, 1.165) is 5.56 Å². The van der Waals surface area contributed by atoms with Crippen LogP contribution >= 0.6 is 11.6 Å². The molecule has 2 unspecified atom stereocenters. The summed E-state index contributed by atoms with van der Waals surface area (Å²) in [7, 11) is 0. The molecular formula is C32H33ClF2N6O2. The summed E-state index contributed by atoms with van der Waals surface area (Å²) >= 11 is 6.81. The van der Waals surface area contributed by atoms with Crippen molar-refractivity contribution in [2.45, 2.75) is 59.0 Å². The number of benzene rings is 1. The Labute approximate surface area is 253 Å². The minimum Gasteiger partial charge on any atom is -0.349 e. The maximum absolute atomic E-state index is 14.1. The van der Waals surface area contributed by atoms with Gasteiger partial charge in [0.1, 0.15) is 5.82 Å². The Kier molecular flexibility index (Phi) is 8.34. The Bertz CT molecular complexity index is 1790. The second kappa shape index (κ2) is 11.8. The number of pyridine rings is 2. The fourth-order valence-corrected chi connectivity index (χ4v) is 6.00. The standard InChI is InChI=1S/C32H33ClF2N6O2/c1-7-25(42)39-15-20(6)40(16-19(39)5)30-23-14-24(33)27(21-10-8-9-11-22(21)29(34)35)37-31(23)41(32(43)38-30)28-18(4)12-13-36-26(28)17(2)3/h7-14,17,19-20,29H,1,15-16H2,2-6H3. The first kappa shape index (κ1) is 30.3. The van der Waals surface area contributed by atoms with E-state index in [1.54, 1.807) is 35.4 Å². The summed E-state index contributed by atoms with van der Waals surface area (Å²) in [6, 6.07) is 9.08. The molecule has 0 bridgehead atoms. The summed E-state index contributed by atoms with van der Waals surface area (Å²) in [5, 5.41) is 0.616. The van der Waals surface area contributed by atoms with Gasteiger partial charge in [0.25, 0.3) is 6.43 Å². The number of alkyl halides is 2. The molecule has 0 aliphatic carbocycles. The number of rotatable bonds is 6. The Morgan fingerprint density at radius 2 is 1.84 bits per heavy atom. The van der Waals surface area contributed by atoms with Crippen molar-refractivity contribution < 1.29 is 13.6 Å². The van der Waals surface area contributed by atoms with Crippen LogP contribution in [0.4, 0.5) is 14.6 Å². The molecule has 1 saturated heterocycles. The van der Waals surface area contributed by atoms with Crippen LogP contribution in [0.1, 0.15) is 56.9 Å². The molecule has 8 nitrogen and oxygen atoms in total. The molecule has 1 amide bonds. The molecule has 5 rings (SSSR count). The van der Waals surface area contributed by atoms with Crippen molar-refractivity contribution in [2.24, 2.45) is 0 Å². The number of anilines is 1. The molecule has 0 N–H and O–H groups in total. The molecule has 1 fully saturated rings. The van der Waals surface area contributed by atoms with Crippen molar-refractivity contribution in [1.82, 2.24) is 24.4 Å². The number of aryl methyl sites for hydroxylation is 1. The second-order valence-electron chi connectivity index (χ2n) is 11.2. The van der Waals surface area contributed by atoms with Gasteiger partial charge < -0.3 is 9.80 Å². The topological polar surface area (TPSA) is 84.2 Å². The van der Waals surface area contributed by atoms with Gasteiger partial charge in [-0.3, -0.25) is 9.78 Å². The van der Waals surface area contributed by atoms with Gasteiger partial charge in [0.2, 0.25) is 5.91 Å². The zero-order valence-corrected chi connectivity index (χ0v) is 25.4. The highest BCUT2D eigenvalue weighted by Gasteiger charge is 2.34. The minimum atomic E-state index is -2.76.